The molecule has 18 heavy (non-hydrogen) atoms. The van der Waals surface area contributed by atoms with E-state index >= 15 is 0 Å². The lowest BCUT2D eigenvalue weighted by atomic mass is 10.2. The first-order valence-electron chi connectivity index (χ1n) is 5.52. The summed E-state index contributed by atoms with van der Waals surface area (Å²) < 4.78 is 0. The number of hydrogen-bond donors (Lipinski definition) is 3. The van der Waals surface area contributed by atoms with Crippen molar-refractivity contribution >= 4 is 22.9 Å². The standard InChI is InChI=1S/C12H14N4OS/c13-16-11-8-14-5-4-10(11)12(17)15-6-3-9-2-1-7-18-9/h1-2,4-5,7-8,16H,3,6,13H2,(H,15,17). The van der Waals surface area contributed by atoms with Crippen LogP contribution < -0.4 is 16.6 Å². The lowest BCUT2D eigenvalue weighted by Crippen LogP contribution is -2.27. The smallest absolute Gasteiger partial charge is 0.253 e. The van der Waals surface area contributed by atoms with Crippen molar-refractivity contribution < 1.29 is 4.79 Å². The second-order valence-electron chi connectivity index (χ2n) is 3.65. The van der Waals surface area contributed by atoms with E-state index in [0.29, 0.717) is 17.8 Å². The molecular formula is C12H14N4OS. The number of nitrogens with two attached hydrogens (primary N) is 1. The zero-order valence-corrected chi connectivity index (χ0v) is 10.5. The maximum atomic E-state index is 11.9. The first-order chi connectivity index (χ1) is 8.81. The van der Waals surface area contributed by atoms with E-state index in [2.05, 4.69) is 21.8 Å². The van der Waals surface area contributed by atoms with Crippen LogP contribution in [0.4, 0.5) is 5.69 Å². The van der Waals surface area contributed by atoms with Crippen LogP contribution in [0.5, 0.6) is 0 Å². The number of thiophene rings is 1. The van der Waals surface area contributed by atoms with Crippen LogP contribution in [0.2, 0.25) is 0 Å². The van der Waals surface area contributed by atoms with Gasteiger partial charge in [-0.1, -0.05) is 6.07 Å². The first-order valence-corrected chi connectivity index (χ1v) is 6.40. The Hall–Kier alpha value is -1.92. The summed E-state index contributed by atoms with van der Waals surface area (Å²) in [6.07, 6.45) is 3.92. The van der Waals surface area contributed by atoms with Crippen molar-refractivity contribution in [2.24, 2.45) is 5.84 Å². The zero-order chi connectivity index (χ0) is 12.8. The van der Waals surface area contributed by atoms with Crippen LogP contribution in [0, 0.1) is 0 Å². The minimum atomic E-state index is -0.151. The van der Waals surface area contributed by atoms with E-state index in [1.54, 1.807) is 23.6 Å². The van der Waals surface area contributed by atoms with Crippen molar-refractivity contribution in [1.82, 2.24) is 10.3 Å². The van der Waals surface area contributed by atoms with Gasteiger partial charge in [0, 0.05) is 17.6 Å². The molecule has 0 bridgehead atoms. The van der Waals surface area contributed by atoms with E-state index in [-0.39, 0.29) is 5.91 Å². The van der Waals surface area contributed by atoms with Crippen LogP contribution in [-0.4, -0.2) is 17.4 Å². The second kappa shape index (κ2) is 6.13. The van der Waals surface area contributed by atoms with E-state index in [1.807, 2.05) is 11.4 Å². The first kappa shape index (κ1) is 12.5. The number of nitrogens with one attached hydrogen (secondary N) is 2. The number of nitrogens with zero attached hydrogens (tertiary/aromatic N) is 1. The molecule has 0 unspecified atom stereocenters. The lowest BCUT2D eigenvalue weighted by molar-refractivity contribution is 0.0955. The molecule has 2 heterocycles. The molecule has 0 spiro atoms. The topological polar surface area (TPSA) is 80.0 Å². The van der Waals surface area contributed by atoms with Crippen LogP contribution in [0.25, 0.3) is 0 Å². The highest BCUT2D eigenvalue weighted by Gasteiger charge is 2.09. The number of rotatable bonds is 5. The summed E-state index contributed by atoms with van der Waals surface area (Å²) in [4.78, 5) is 17.1. The Bertz CT molecular complexity index is 513. The van der Waals surface area contributed by atoms with Crippen LogP contribution in [0.15, 0.2) is 36.0 Å². The fourth-order valence-corrected chi connectivity index (χ4v) is 2.27. The molecule has 0 radical (unpaired) electrons. The number of amides is 1. The normalized spacial score (nSPS) is 10.1. The third-order valence-electron chi connectivity index (χ3n) is 2.46. The van der Waals surface area contributed by atoms with Crippen molar-refractivity contribution in [3.63, 3.8) is 0 Å². The molecule has 2 aromatic heterocycles. The average Bonchev–Trinajstić information content (AvgIpc) is 2.91. The number of hydrogen-bond acceptors (Lipinski definition) is 5. The van der Waals surface area contributed by atoms with E-state index in [4.69, 9.17) is 5.84 Å². The molecular weight excluding hydrogens is 248 g/mol. The van der Waals surface area contributed by atoms with Gasteiger partial charge in [0.1, 0.15) is 0 Å². The monoisotopic (exact) mass is 262 g/mol. The number of carbonyl (C=O) groups excluding carboxylic acids is 1. The fraction of sp³-hybridized carbons (Fsp3) is 0.167. The summed E-state index contributed by atoms with van der Waals surface area (Å²) in [5, 5.41) is 4.88. The van der Waals surface area contributed by atoms with Crippen molar-refractivity contribution in [3.05, 3.63) is 46.4 Å². The summed E-state index contributed by atoms with van der Waals surface area (Å²) in [5.74, 6) is 5.17. The van der Waals surface area contributed by atoms with Gasteiger partial charge < -0.3 is 10.7 Å². The van der Waals surface area contributed by atoms with Crippen molar-refractivity contribution in [1.29, 1.82) is 0 Å². The Labute approximate surface area is 109 Å². The largest absolute Gasteiger partial charge is 0.352 e. The number of pyridine rings is 1. The molecule has 6 heteroatoms. The third-order valence-corrected chi connectivity index (χ3v) is 3.39. The van der Waals surface area contributed by atoms with Crippen LogP contribution in [0.3, 0.4) is 0 Å². The SMILES string of the molecule is NNc1cnccc1C(=O)NCCc1cccs1. The summed E-state index contributed by atoms with van der Waals surface area (Å²) in [7, 11) is 0. The summed E-state index contributed by atoms with van der Waals surface area (Å²) >= 11 is 1.68. The Kier molecular flexibility index (Phi) is 4.27. The van der Waals surface area contributed by atoms with E-state index in [9.17, 15) is 4.79 Å². The van der Waals surface area contributed by atoms with Crippen molar-refractivity contribution in [2.75, 3.05) is 12.0 Å². The maximum Gasteiger partial charge on any atom is 0.253 e. The molecule has 0 saturated carbocycles. The molecule has 5 nitrogen and oxygen atoms in total. The summed E-state index contributed by atoms with van der Waals surface area (Å²) in [6, 6.07) is 5.69. The van der Waals surface area contributed by atoms with Crippen molar-refractivity contribution in [2.45, 2.75) is 6.42 Å². The zero-order valence-electron chi connectivity index (χ0n) is 9.72. The number of hydrazine groups is 1. The van der Waals surface area contributed by atoms with Crippen LogP contribution in [-0.2, 0) is 6.42 Å². The highest BCUT2D eigenvalue weighted by Crippen LogP contribution is 2.12. The molecule has 0 aliphatic carbocycles. The predicted molar refractivity (Wildman–Crippen MR) is 72.4 cm³/mol. The number of anilines is 1. The Morgan fingerprint density at radius 2 is 2.33 bits per heavy atom. The van der Waals surface area contributed by atoms with E-state index < -0.39 is 0 Å². The molecule has 0 aromatic carbocycles. The molecule has 0 saturated heterocycles. The average molecular weight is 262 g/mol. The number of nitrogen functional groups attached to an aromatic ring is 1. The van der Waals surface area contributed by atoms with E-state index in [0.717, 1.165) is 6.42 Å². The predicted octanol–water partition coefficient (Wildman–Crippen LogP) is 1.40. The molecule has 2 aromatic rings. The van der Waals surface area contributed by atoms with Crippen molar-refractivity contribution in [3.8, 4) is 0 Å². The van der Waals surface area contributed by atoms with Gasteiger partial charge in [0.2, 0.25) is 0 Å². The number of aromatic nitrogens is 1. The lowest BCUT2D eigenvalue weighted by Gasteiger charge is -2.08. The van der Waals surface area contributed by atoms with Gasteiger partial charge >= 0.3 is 0 Å². The molecule has 0 atom stereocenters. The second-order valence-corrected chi connectivity index (χ2v) is 4.68. The Morgan fingerprint density at radius 3 is 3.06 bits per heavy atom. The van der Waals surface area contributed by atoms with Gasteiger partial charge in [0.25, 0.3) is 5.91 Å². The van der Waals surface area contributed by atoms with Gasteiger partial charge in [0.05, 0.1) is 17.4 Å². The molecule has 0 aliphatic rings. The van der Waals surface area contributed by atoms with Gasteiger partial charge in [-0.2, -0.15) is 0 Å². The molecule has 1 amide bonds. The van der Waals surface area contributed by atoms with Crippen LogP contribution in [0.1, 0.15) is 15.2 Å². The Morgan fingerprint density at radius 1 is 1.44 bits per heavy atom. The molecule has 2 rings (SSSR count). The third kappa shape index (κ3) is 3.06. The van der Waals surface area contributed by atoms with Crippen LogP contribution >= 0.6 is 11.3 Å². The van der Waals surface area contributed by atoms with E-state index in [1.165, 1.54) is 11.1 Å². The number of carbonyl (C=O) groups is 1. The van der Waals surface area contributed by atoms with Gasteiger partial charge in [-0.25, -0.2) is 0 Å². The molecule has 94 valence electrons. The van der Waals surface area contributed by atoms with Gasteiger partial charge in [-0.05, 0) is 23.9 Å². The highest BCUT2D eigenvalue weighted by molar-refractivity contribution is 7.09. The summed E-state index contributed by atoms with van der Waals surface area (Å²) in [5.41, 5.74) is 3.48. The Balaban J connectivity index is 1.91. The highest BCUT2D eigenvalue weighted by atomic mass is 32.1. The minimum absolute atomic E-state index is 0.151. The molecule has 0 fully saturated rings. The minimum Gasteiger partial charge on any atom is -0.352 e. The van der Waals surface area contributed by atoms with Gasteiger partial charge in [-0.3, -0.25) is 15.6 Å². The van der Waals surface area contributed by atoms with Gasteiger partial charge in [-0.15, -0.1) is 11.3 Å². The molecule has 4 N–H and O–H groups in total. The van der Waals surface area contributed by atoms with Gasteiger partial charge in [0.15, 0.2) is 0 Å². The maximum absolute atomic E-state index is 11.9. The quantitative estimate of drug-likeness (QED) is 0.562. The fourth-order valence-electron chi connectivity index (χ4n) is 1.56. The summed E-state index contributed by atoms with van der Waals surface area (Å²) in [6.45, 7) is 0.603. The molecule has 0 aliphatic heterocycles.